The molecule has 3 heteroatoms. The third kappa shape index (κ3) is 2.37. The molecule has 15 heavy (non-hydrogen) atoms. The largest absolute Gasteiger partial charge is 0.493 e. The molecular weight excluding hydrogens is 212 g/mol. The summed E-state index contributed by atoms with van der Waals surface area (Å²) in [6.07, 6.45) is 4.94. The molecule has 0 amide bonds. The van der Waals surface area contributed by atoms with Crippen molar-refractivity contribution in [3.05, 3.63) is 23.3 Å². The van der Waals surface area contributed by atoms with E-state index in [-0.39, 0.29) is 12.4 Å². The van der Waals surface area contributed by atoms with Crippen molar-refractivity contribution in [2.45, 2.75) is 25.7 Å². The zero-order valence-electron chi connectivity index (χ0n) is 9.21. The maximum absolute atomic E-state index is 5.28. The smallest absolute Gasteiger partial charge is 0.161 e. The lowest BCUT2D eigenvalue weighted by molar-refractivity contribution is 0.353. The van der Waals surface area contributed by atoms with Crippen LogP contribution in [0, 0.1) is 0 Å². The minimum atomic E-state index is 0. The molecule has 0 aromatic heterocycles. The number of aryl methyl sites for hydroxylation is 2. The Morgan fingerprint density at radius 1 is 0.867 bits per heavy atom. The fourth-order valence-electron chi connectivity index (χ4n) is 2.06. The van der Waals surface area contributed by atoms with Gasteiger partial charge in [-0.05, 0) is 48.9 Å². The third-order valence-electron chi connectivity index (χ3n) is 2.85. The summed E-state index contributed by atoms with van der Waals surface area (Å²) in [5, 5.41) is 0. The number of ether oxygens (including phenoxy) is 2. The highest BCUT2D eigenvalue weighted by atomic mass is 35.5. The molecule has 0 heterocycles. The van der Waals surface area contributed by atoms with Crippen molar-refractivity contribution in [2.75, 3.05) is 14.2 Å². The van der Waals surface area contributed by atoms with Gasteiger partial charge in [-0.25, -0.2) is 0 Å². The molecule has 2 nitrogen and oxygen atoms in total. The number of benzene rings is 1. The van der Waals surface area contributed by atoms with Crippen molar-refractivity contribution in [1.29, 1.82) is 0 Å². The summed E-state index contributed by atoms with van der Waals surface area (Å²) >= 11 is 0. The van der Waals surface area contributed by atoms with Gasteiger partial charge in [0.05, 0.1) is 14.2 Å². The van der Waals surface area contributed by atoms with Crippen LogP contribution in [0.15, 0.2) is 12.1 Å². The lowest BCUT2D eigenvalue weighted by atomic mass is 9.91. The Kier molecular flexibility index (Phi) is 4.28. The van der Waals surface area contributed by atoms with Crippen molar-refractivity contribution >= 4 is 12.4 Å². The van der Waals surface area contributed by atoms with E-state index in [1.807, 2.05) is 0 Å². The summed E-state index contributed by atoms with van der Waals surface area (Å²) in [7, 11) is 3.38. The van der Waals surface area contributed by atoms with E-state index >= 15 is 0 Å². The fourth-order valence-corrected chi connectivity index (χ4v) is 2.06. The van der Waals surface area contributed by atoms with Gasteiger partial charge >= 0.3 is 0 Å². The van der Waals surface area contributed by atoms with Crippen LogP contribution in [0.4, 0.5) is 0 Å². The van der Waals surface area contributed by atoms with E-state index in [0.717, 1.165) is 11.5 Å². The van der Waals surface area contributed by atoms with Crippen LogP contribution in [0.3, 0.4) is 0 Å². The normalized spacial score (nSPS) is 13.7. The highest BCUT2D eigenvalue weighted by Gasteiger charge is 2.13. The van der Waals surface area contributed by atoms with Gasteiger partial charge in [0, 0.05) is 0 Å². The fraction of sp³-hybridized carbons (Fsp3) is 0.500. The third-order valence-corrected chi connectivity index (χ3v) is 2.85. The first-order valence-electron chi connectivity index (χ1n) is 5.09. The first-order valence-corrected chi connectivity index (χ1v) is 5.09. The van der Waals surface area contributed by atoms with Gasteiger partial charge in [0.25, 0.3) is 0 Å². The topological polar surface area (TPSA) is 18.5 Å². The van der Waals surface area contributed by atoms with E-state index in [2.05, 4.69) is 12.1 Å². The zero-order chi connectivity index (χ0) is 9.97. The molecule has 1 aromatic rings. The number of methoxy groups -OCH3 is 2. The quantitative estimate of drug-likeness (QED) is 0.775. The molecule has 0 aliphatic heterocycles. The maximum atomic E-state index is 5.28. The van der Waals surface area contributed by atoms with E-state index in [9.17, 15) is 0 Å². The predicted octanol–water partition coefficient (Wildman–Crippen LogP) is 3.00. The first-order chi connectivity index (χ1) is 6.85. The van der Waals surface area contributed by atoms with E-state index in [1.54, 1.807) is 14.2 Å². The molecular formula is C12H17ClO2. The molecule has 1 aliphatic rings. The molecule has 2 rings (SSSR count). The summed E-state index contributed by atoms with van der Waals surface area (Å²) in [5.74, 6) is 1.71. The van der Waals surface area contributed by atoms with Gasteiger partial charge in [-0.1, -0.05) is 0 Å². The Bertz CT molecular complexity index is 292. The summed E-state index contributed by atoms with van der Waals surface area (Å²) < 4.78 is 10.6. The van der Waals surface area contributed by atoms with Crippen molar-refractivity contribution in [2.24, 2.45) is 0 Å². The lowest BCUT2D eigenvalue weighted by Gasteiger charge is -2.18. The van der Waals surface area contributed by atoms with Gasteiger partial charge in [-0.2, -0.15) is 0 Å². The molecule has 0 saturated carbocycles. The molecule has 0 saturated heterocycles. The highest BCUT2D eigenvalue weighted by molar-refractivity contribution is 5.85. The van der Waals surface area contributed by atoms with Gasteiger partial charge in [-0.15, -0.1) is 12.4 Å². The van der Waals surface area contributed by atoms with Crippen LogP contribution >= 0.6 is 12.4 Å². The SMILES string of the molecule is COc1cc2c(cc1OC)CCCC2.Cl. The molecule has 0 radical (unpaired) electrons. The molecule has 0 bridgehead atoms. The Labute approximate surface area is 97.0 Å². The molecule has 1 aliphatic carbocycles. The Morgan fingerprint density at radius 3 is 1.60 bits per heavy atom. The molecule has 0 spiro atoms. The van der Waals surface area contributed by atoms with Crippen LogP contribution in [0.5, 0.6) is 11.5 Å². The van der Waals surface area contributed by atoms with E-state index in [0.29, 0.717) is 0 Å². The molecule has 1 aromatic carbocycles. The molecule has 84 valence electrons. The minimum absolute atomic E-state index is 0. The van der Waals surface area contributed by atoms with Gasteiger partial charge in [-0.3, -0.25) is 0 Å². The number of fused-ring (bicyclic) bond motifs is 1. The van der Waals surface area contributed by atoms with Crippen molar-refractivity contribution in [3.63, 3.8) is 0 Å². The van der Waals surface area contributed by atoms with Crippen LogP contribution in [0.1, 0.15) is 24.0 Å². The second kappa shape index (κ2) is 5.26. The van der Waals surface area contributed by atoms with Crippen LogP contribution in [-0.4, -0.2) is 14.2 Å². The monoisotopic (exact) mass is 228 g/mol. The molecule has 0 fully saturated rings. The molecule has 0 N–H and O–H groups in total. The van der Waals surface area contributed by atoms with Gasteiger partial charge in [0.15, 0.2) is 11.5 Å². The van der Waals surface area contributed by atoms with Crippen LogP contribution in [-0.2, 0) is 12.8 Å². The predicted molar refractivity (Wildman–Crippen MR) is 63.4 cm³/mol. The number of hydrogen-bond donors (Lipinski definition) is 0. The second-order valence-electron chi connectivity index (χ2n) is 3.68. The standard InChI is InChI=1S/C12H16O2.ClH/c1-13-11-7-9-5-3-4-6-10(9)8-12(11)14-2;/h7-8H,3-6H2,1-2H3;1H. The lowest BCUT2D eigenvalue weighted by Crippen LogP contribution is -2.04. The van der Waals surface area contributed by atoms with Gasteiger partial charge in [0.1, 0.15) is 0 Å². The van der Waals surface area contributed by atoms with E-state index in [1.165, 1.54) is 36.8 Å². The highest BCUT2D eigenvalue weighted by Crippen LogP contribution is 2.33. The summed E-state index contributed by atoms with van der Waals surface area (Å²) in [6, 6.07) is 4.24. The van der Waals surface area contributed by atoms with Crippen molar-refractivity contribution < 1.29 is 9.47 Å². The minimum Gasteiger partial charge on any atom is -0.493 e. The van der Waals surface area contributed by atoms with Crippen molar-refractivity contribution in [1.82, 2.24) is 0 Å². The summed E-state index contributed by atoms with van der Waals surface area (Å²) in [4.78, 5) is 0. The van der Waals surface area contributed by atoms with Crippen LogP contribution < -0.4 is 9.47 Å². The van der Waals surface area contributed by atoms with E-state index in [4.69, 9.17) is 9.47 Å². The molecule has 0 atom stereocenters. The Morgan fingerprint density at radius 2 is 1.27 bits per heavy atom. The number of halogens is 1. The number of hydrogen-bond acceptors (Lipinski definition) is 2. The average Bonchev–Trinajstić information content (AvgIpc) is 2.27. The van der Waals surface area contributed by atoms with Gasteiger partial charge in [0.2, 0.25) is 0 Å². The summed E-state index contributed by atoms with van der Waals surface area (Å²) in [6.45, 7) is 0. The maximum Gasteiger partial charge on any atom is 0.161 e. The zero-order valence-corrected chi connectivity index (χ0v) is 10.0. The Balaban J connectivity index is 0.00000112. The van der Waals surface area contributed by atoms with Crippen molar-refractivity contribution in [3.8, 4) is 11.5 Å². The van der Waals surface area contributed by atoms with Crippen LogP contribution in [0.2, 0.25) is 0 Å². The Hall–Kier alpha value is -0.890. The van der Waals surface area contributed by atoms with Crippen LogP contribution in [0.25, 0.3) is 0 Å². The van der Waals surface area contributed by atoms with E-state index < -0.39 is 0 Å². The number of rotatable bonds is 2. The first kappa shape index (κ1) is 12.2. The average molecular weight is 229 g/mol. The second-order valence-corrected chi connectivity index (χ2v) is 3.68. The van der Waals surface area contributed by atoms with Gasteiger partial charge < -0.3 is 9.47 Å². The summed E-state index contributed by atoms with van der Waals surface area (Å²) in [5.41, 5.74) is 2.85. The molecule has 0 unspecified atom stereocenters.